The first-order valence-corrected chi connectivity index (χ1v) is 22.9. The number of hydrogen-bond donors (Lipinski definition) is 6. The van der Waals surface area contributed by atoms with Crippen LogP contribution in [0.1, 0.15) is 87.5 Å². The van der Waals surface area contributed by atoms with Gasteiger partial charge in [-0.3, -0.25) is 14.7 Å². The number of rotatable bonds is 11. The van der Waals surface area contributed by atoms with Crippen molar-refractivity contribution in [2.45, 2.75) is 154 Å². The van der Waals surface area contributed by atoms with E-state index < -0.39 is 83.8 Å². The second kappa shape index (κ2) is 20.9. The van der Waals surface area contributed by atoms with Crippen molar-refractivity contribution in [1.29, 1.82) is 0 Å². The number of aromatic nitrogens is 2. The lowest BCUT2D eigenvalue weighted by Crippen LogP contribution is -2.59. The molecule has 364 valence electrons. The molecule has 0 saturated carbocycles. The molecule has 65 heavy (non-hydrogen) atoms. The smallest absolute Gasteiger partial charge is 0.414 e. The van der Waals surface area contributed by atoms with Crippen molar-refractivity contribution >= 4 is 17.7 Å². The average molecular weight is 919 g/mol. The number of carbonyl (C=O) groups excluding carboxylic acids is 2. The Morgan fingerprint density at radius 1 is 1.06 bits per heavy atom. The maximum atomic E-state index is 14.9. The largest absolute Gasteiger partial charge is 0.459 e. The molecule has 1 amide bonds. The maximum absolute atomic E-state index is 14.9. The fraction of sp³-hybridized carbons (Fsp3) is 0.733. The number of aliphatic hydroxyl groups is 4. The zero-order chi connectivity index (χ0) is 47.5. The molecule has 6 rings (SSSR count). The van der Waals surface area contributed by atoms with E-state index in [1.807, 2.05) is 39.0 Å². The normalized spacial score (nSPS) is 37.1. The number of esters is 1. The number of ether oxygens (including phenoxy) is 4. The number of anilines is 1. The number of carbonyl (C=O) groups is 2. The number of halogens is 1. The minimum absolute atomic E-state index is 0.0467. The fourth-order valence-corrected chi connectivity index (χ4v) is 9.91. The van der Waals surface area contributed by atoms with E-state index in [0.29, 0.717) is 38.2 Å². The van der Waals surface area contributed by atoms with Crippen molar-refractivity contribution in [3.05, 3.63) is 42.3 Å². The summed E-state index contributed by atoms with van der Waals surface area (Å²) >= 11 is 0. The van der Waals surface area contributed by atoms with Gasteiger partial charge in [-0.15, -0.1) is 5.53 Å². The van der Waals surface area contributed by atoms with Gasteiger partial charge in [0, 0.05) is 55.8 Å². The van der Waals surface area contributed by atoms with Gasteiger partial charge in [0.1, 0.15) is 29.7 Å². The van der Waals surface area contributed by atoms with E-state index in [4.69, 9.17) is 23.5 Å². The number of nitrogens with one attached hydrogen (secondary N) is 2. The molecule has 0 aliphatic carbocycles. The van der Waals surface area contributed by atoms with Gasteiger partial charge in [0.2, 0.25) is 12.2 Å². The fourth-order valence-electron chi connectivity index (χ4n) is 9.91. The minimum Gasteiger partial charge on any atom is -0.459 e. The molecule has 4 aliphatic rings. The van der Waals surface area contributed by atoms with E-state index in [1.54, 1.807) is 45.7 Å². The van der Waals surface area contributed by atoms with Crippen molar-refractivity contribution in [3.63, 3.8) is 0 Å². The van der Waals surface area contributed by atoms with Crippen molar-refractivity contribution in [2.75, 3.05) is 45.2 Å². The predicted molar refractivity (Wildman–Crippen MR) is 235 cm³/mol. The third-order valence-electron chi connectivity index (χ3n) is 13.8. The Balaban J connectivity index is 1.07. The molecule has 6 N–H and O–H groups in total. The molecule has 0 unspecified atom stereocenters. The number of nitrogens with zero attached hydrogens (tertiary/aromatic N) is 6. The van der Waals surface area contributed by atoms with Gasteiger partial charge in [0.25, 0.3) is 0 Å². The van der Waals surface area contributed by atoms with Crippen LogP contribution in [0.4, 0.5) is 14.9 Å². The van der Waals surface area contributed by atoms with Crippen molar-refractivity contribution in [3.8, 4) is 11.4 Å². The molecule has 5 heterocycles. The van der Waals surface area contributed by atoms with Gasteiger partial charge in [-0.2, -0.15) is 4.98 Å². The number of amides is 1. The third-order valence-corrected chi connectivity index (χ3v) is 13.8. The molecular formula is C45H71FN8O11. The van der Waals surface area contributed by atoms with Crippen LogP contribution in [0.5, 0.6) is 0 Å². The SMILES string of the molecule is CC[C@H]1OC(=O)[C@H](C)[C@@H](O)[C@H](C)[C@@H](O[C@H]2C[C@@H](N(C)CCC3=CN(C[C@H]4CN(c5ccc(-c6ncon6)c(F)c5)C(=O)O4)NN3)C[C@@H](C)O2)[C@](C)(O)C[C@@H](C)CN(C)[C@H](C)[C@@H](O)[C@]1(C)O. The Bertz CT molecular complexity index is 1940. The number of benzene rings is 1. The molecule has 0 bridgehead atoms. The topological polar surface area (TPSA) is 228 Å². The highest BCUT2D eigenvalue weighted by molar-refractivity contribution is 5.90. The Kier molecular flexibility index (Phi) is 16.2. The Hall–Kier alpha value is -3.99. The van der Waals surface area contributed by atoms with E-state index in [1.165, 1.54) is 24.0 Å². The molecule has 4 aliphatic heterocycles. The van der Waals surface area contributed by atoms with Gasteiger partial charge in [0.05, 0.1) is 54.2 Å². The highest BCUT2D eigenvalue weighted by Gasteiger charge is 2.49. The van der Waals surface area contributed by atoms with Crippen molar-refractivity contribution < 1.29 is 57.9 Å². The highest BCUT2D eigenvalue weighted by atomic mass is 19.1. The molecular weight excluding hydrogens is 848 g/mol. The van der Waals surface area contributed by atoms with Gasteiger partial charge in [-0.1, -0.05) is 25.9 Å². The quantitative estimate of drug-likeness (QED) is 0.178. The molecule has 3 fully saturated rings. The first kappa shape index (κ1) is 50.4. The van der Waals surface area contributed by atoms with E-state index in [2.05, 4.69) is 26.0 Å². The molecule has 14 atom stereocenters. The van der Waals surface area contributed by atoms with Gasteiger partial charge in [-0.25, -0.2) is 9.18 Å². The van der Waals surface area contributed by atoms with Crippen LogP contribution in [0.2, 0.25) is 0 Å². The average Bonchev–Trinajstić information content (AvgIpc) is 4.03. The summed E-state index contributed by atoms with van der Waals surface area (Å²) < 4.78 is 44.2. The summed E-state index contributed by atoms with van der Waals surface area (Å²) in [5.41, 5.74) is 4.49. The summed E-state index contributed by atoms with van der Waals surface area (Å²) in [5, 5.41) is 52.4. The molecule has 0 radical (unpaired) electrons. The second-order valence-electron chi connectivity index (χ2n) is 19.4. The Labute approximate surface area is 381 Å². The minimum atomic E-state index is -1.77. The van der Waals surface area contributed by atoms with Crippen LogP contribution in [0.15, 0.2) is 41.0 Å². The number of hydrogen-bond acceptors (Lipinski definition) is 18. The standard InChI is InChI=1S/C45H71FN8O11/c1-11-36-45(8,60)39(56)29(6)52(10)20-25(2)19-44(7,59)40(27(4)38(55)28(5)42(57)64-36)65-37-18-32(16-26(3)62-37)51(9)15-14-30-21-53(50-48-30)22-33-23-54(43(58)63-33)31-12-13-34(35(46)17-31)41-47-24-61-49-41/h12-13,17,21,24-29,32-33,36-40,48,50,55-56,59-60H,11,14-16,18-20,22-23H2,1-10H3/t25-,26-,27+,28-,29-,32+,33+,36-,37+,38+,39-,40-,44-,45-/m1/s1. The Morgan fingerprint density at radius 2 is 1.80 bits per heavy atom. The lowest BCUT2D eigenvalue weighted by atomic mass is 9.78. The summed E-state index contributed by atoms with van der Waals surface area (Å²) in [6, 6.07) is 3.87. The lowest BCUT2D eigenvalue weighted by molar-refractivity contribution is -0.267. The van der Waals surface area contributed by atoms with Crippen LogP contribution in [-0.2, 0) is 23.7 Å². The number of likely N-dealkylation sites (N-methyl/N-ethyl adjacent to an activating group) is 1. The first-order valence-electron chi connectivity index (χ1n) is 22.9. The summed E-state index contributed by atoms with van der Waals surface area (Å²) in [5.74, 6) is -3.12. The zero-order valence-electron chi connectivity index (χ0n) is 39.4. The van der Waals surface area contributed by atoms with Crippen molar-refractivity contribution in [1.82, 2.24) is 35.9 Å². The molecule has 19 nitrogen and oxygen atoms in total. The molecule has 1 aromatic carbocycles. The third kappa shape index (κ3) is 11.8. The predicted octanol–water partition coefficient (Wildman–Crippen LogP) is 3.15. The van der Waals surface area contributed by atoms with E-state index >= 15 is 0 Å². The number of aliphatic hydroxyl groups excluding tert-OH is 2. The summed E-state index contributed by atoms with van der Waals surface area (Å²) in [7, 11) is 3.89. The van der Waals surface area contributed by atoms with Crippen LogP contribution in [-0.4, -0.2) is 164 Å². The van der Waals surface area contributed by atoms with E-state index in [9.17, 15) is 34.4 Å². The van der Waals surface area contributed by atoms with Gasteiger partial charge in [0.15, 0.2) is 6.29 Å². The zero-order valence-corrected chi connectivity index (χ0v) is 39.4. The van der Waals surface area contributed by atoms with Crippen molar-refractivity contribution in [2.24, 2.45) is 17.8 Å². The molecule has 20 heteroatoms. The molecule has 2 aromatic rings. The molecule has 3 saturated heterocycles. The lowest BCUT2D eigenvalue weighted by Gasteiger charge is -2.45. The highest BCUT2D eigenvalue weighted by Crippen LogP contribution is 2.37. The van der Waals surface area contributed by atoms with E-state index in [-0.39, 0.29) is 48.8 Å². The molecule has 1 aromatic heterocycles. The summed E-state index contributed by atoms with van der Waals surface area (Å²) in [6.45, 7) is 15.7. The Morgan fingerprint density at radius 3 is 2.48 bits per heavy atom. The van der Waals surface area contributed by atoms with Crippen LogP contribution < -0.4 is 15.9 Å². The molecule has 0 spiro atoms. The monoisotopic (exact) mass is 919 g/mol. The summed E-state index contributed by atoms with van der Waals surface area (Å²) in [6.07, 6.45) is -1.11. The summed E-state index contributed by atoms with van der Waals surface area (Å²) in [4.78, 5) is 35.8. The first-order chi connectivity index (χ1) is 30.6. The van der Waals surface area contributed by atoms with Crippen LogP contribution >= 0.6 is 0 Å². The van der Waals surface area contributed by atoms with Crippen LogP contribution in [0, 0.1) is 23.6 Å². The second-order valence-corrected chi connectivity index (χ2v) is 19.4. The van der Waals surface area contributed by atoms with E-state index in [0.717, 1.165) is 18.5 Å². The van der Waals surface area contributed by atoms with Gasteiger partial charge >= 0.3 is 12.1 Å². The maximum Gasteiger partial charge on any atom is 0.414 e. The van der Waals surface area contributed by atoms with Gasteiger partial charge < -0.3 is 59.1 Å². The number of hydrazine groups is 2. The van der Waals surface area contributed by atoms with Crippen LogP contribution in [0.25, 0.3) is 11.4 Å². The number of cyclic esters (lactones) is 2. The van der Waals surface area contributed by atoms with Crippen LogP contribution in [0.3, 0.4) is 0 Å². The van der Waals surface area contributed by atoms with Gasteiger partial charge in [-0.05, 0) is 92.1 Å².